The van der Waals surface area contributed by atoms with E-state index in [4.69, 9.17) is 4.74 Å². The Bertz CT molecular complexity index is 552. The standard InChI is InChI=1S/C18H24N2O2S/c1-20(16(13-19)18(23-2)10-11-18)17(21)9-6-12-22-14-15-7-4-3-5-8-15/h3-5,7-8,16H,6,9-12,14H2,1-2H3. The smallest absolute Gasteiger partial charge is 0.223 e. The van der Waals surface area contributed by atoms with Crippen molar-refractivity contribution in [2.24, 2.45) is 0 Å². The summed E-state index contributed by atoms with van der Waals surface area (Å²) < 4.78 is 5.56. The van der Waals surface area contributed by atoms with E-state index in [2.05, 4.69) is 6.07 Å². The lowest BCUT2D eigenvalue weighted by molar-refractivity contribution is -0.131. The molecule has 2 rings (SSSR count). The molecule has 0 bridgehead atoms. The first kappa shape index (κ1) is 17.8. The lowest BCUT2D eigenvalue weighted by Gasteiger charge is -2.28. The van der Waals surface area contributed by atoms with Crippen LogP contribution in [0.25, 0.3) is 0 Å². The van der Waals surface area contributed by atoms with Crippen LogP contribution in [0, 0.1) is 11.3 Å². The Labute approximate surface area is 142 Å². The Balaban J connectivity index is 1.69. The van der Waals surface area contributed by atoms with Crippen molar-refractivity contribution in [1.29, 1.82) is 5.26 Å². The maximum Gasteiger partial charge on any atom is 0.223 e. The molecule has 0 N–H and O–H groups in total. The SMILES string of the molecule is CSC1(C(C#N)N(C)C(=O)CCCOCc2ccccc2)CC1. The fourth-order valence-corrected chi connectivity index (χ4v) is 3.62. The predicted molar refractivity (Wildman–Crippen MR) is 93.0 cm³/mol. The van der Waals surface area contributed by atoms with Gasteiger partial charge in [0.05, 0.1) is 12.7 Å². The van der Waals surface area contributed by atoms with Gasteiger partial charge in [-0.25, -0.2) is 0 Å². The first-order valence-corrected chi connectivity index (χ1v) is 9.17. The summed E-state index contributed by atoms with van der Waals surface area (Å²) in [5.74, 6) is 0.0280. The largest absolute Gasteiger partial charge is 0.377 e. The van der Waals surface area contributed by atoms with Gasteiger partial charge in [-0.2, -0.15) is 17.0 Å². The molecule has 23 heavy (non-hydrogen) atoms. The van der Waals surface area contributed by atoms with Gasteiger partial charge >= 0.3 is 0 Å². The highest BCUT2D eigenvalue weighted by Gasteiger charge is 2.51. The summed E-state index contributed by atoms with van der Waals surface area (Å²) in [7, 11) is 1.75. The number of hydrogen-bond donors (Lipinski definition) is 0. The molecule has 1 atom stereocenters. The van der Waals surface area contributed by atoms with Crippen molar-refractivity contribution in [1.82, 2.24) is 4.90 Å². The fourth-order valence-electron chi connectivity index (χ4n) is 2.68. The second kappa shape index (κ2) is 8.37. The Kier molecular flexibility index (Phi) is 6.49. The average molecular weight is 332 g/mol. The second-order valence-electron chi connectivity index (χ2n) is 5.95. The molecule has 1 saturated carbocycles. The van der Waals surface area contributed by atoms with Crippen molar-refractivity contribution >= 4 is 17.7 Å². The van der Waals surface area contributed by atoms with E-state index in [9.17, 15) is 10.1 Å². The highest BCUT2D eigenvalue weighted by Crippen LogP contribution is 2.51. The molecule has 5 heteroatoms. The second-order valence-corrected chi connectivity index (χ2v) is 7.17. The molecule has 124 valence electrons. The van der Waals surface area contributed by atoms with Crippen LogP contribution in [-0.4, -0.2) is 41.5 Å². The minimum absolute atomic E-state index is 0.0280. The van der Waals surface area contributed by atoms with Crippen LogP contribution in [0.3, 0.4) is 0 Å². The number of carbonyl (C=O) groups excluding carboxylic acids is 1. The zero-order valence-corrected chi connectivity index (χ0v) is 14.6. The summed E-state index contributed by atoms with van der Waals surface area (Å²) in [6, 6.07) is 12.0. The molecular formula is C18H24N2O2S. The summed E-state index contributed by atoms with van der Waals surface area (Å²) >= 11 is 1.71. The fraction of sp³-hybridized carbons (Fsp3) is 0.556. The van der Waals surface area contributed by atoms with Crippen LogP contribution in [0.15, 0.2) is 30.3 Å². The topological polar surface area (TPSA) is 53.3 Å². The van der Waals surface area contributed by atoms with E-state index in [0.717, 1.165) is 18.4 Å². The number of rotatable bonds is 9. The van der Waals surface area contributed by atoms with Crippen molar-refractivity contribution in [2.75, 3.05) is 19.9 Å². The van der Waals surface area contributed by atoms with Crippen LogP contribution in [-0.2, 0) is 16.1 Å². The molecule has 1 unspecified atom stereocenters. The molecule has 0 saturated heterocycles. The maximum atomic E-state index is 12.3. The molecule has 1 aliphatic rings. The third-order valence-corrected chi connectivity index (χ3v) is 5.79. The van der Waals surface area contributed by atoms with Crippen LogP contribution < -0.4 is 0 Å². The first-order chi connectivity index (χ1) is 11.1. The maximum absolute atomic E-state index is 12.3. The molecule has 0 aliphatic heterocycles. The lowest BCUT2D eigenvalue weighted by atomic mass is 10.1. The molecule has 1 aromatic rings. The van der Waals surface area contributed by atoms with Gasteiger partial charge in [0.25, 0.3) is 0 Å². The van der Waals surface area contributed by atoms with E-state index in [1.165, 1.54) is 0 Å². The van der Waals surface area contributed by atoms with Gasteiger partial charge in [-0.15, -0.1) is 0 Å². The molecule has 1 amide bonds. The summed E-state index contributed by atoms with van der Waals surface area (Å²) in [5.41, 5.74) is 1.14. The van der Waals surface area contributed by atoms with Gasteiger partial charge in [-0.1, -0.05) is 30.3 Å². The monoisotopic (exact) mass is 332 g/mol. The Morgan fingerprint density at radius 3 is 2.70 bits per heavy atom. The van der Waals surface area contributed by atoms with Crippen molar-refractivity contribution in [3.8, 4) is 6.07 Å². The highest BCUT2D eigenvalue weighted by molar-refractivity contribution is 8.00. The Hall–Kier alpha value is -1.51. The number of benzene rings is 1. The van der Waals surface area contributed by atoms with E-state index < -0.39 is 0 Å². The molecule has 0 spiro atoms. The number of carbonyl (C=O) groups is 1. The molecule has 1 fully saturated rings. The van der Waals surface area contributed by atoms with E-state index in [1.807, 2.05) is 36.6 Å². The third kappa shape index (κ3) is 4.73. The Morgan fingerprint density at radius 2 is 2.13 bits per heavy atom. The number of thioether (sulfide) groups is 1. The van der Waals surface area contributed by atoms with Gasteiger partial charge in [-0.3, -0.25) is 4.79 Å². The molecule has 1 aliphatic carbocycles. The number of nitriles is 1. The summed E-state index contributed by atoms with van der Waals surface area (Å²) in [6.45, 7) is 1.13. The summed E-state index contributed by atoms with van der Waals surface area (Å²) in [6.07, 6.45) is 5.16. The van der Waals surface area contributed by atoms with Crippen LogP contribution in [0.1, 0.15) is 31.2 Å². The number of amides is 1. The minimum atomic E-state index is -0.324. The highest BCUT2D eigenvalue weighted by atomic mass is 32.2. The summed E-state index contributed by atoms with van der Waals surface area (Å²) in [5, 5.41) is 9.41. The van der Waals surface area contributed by atoms with Crippen LogP contribution in [0.4, 0.5) is 0 Å². The van der Waals surface area contributed by atoms with Gasteiger partial charge in [-0.05, 0) is 31.1 Å². The molecule has 0 radical (unpaired) electrons. The number of nitrogens with zero attached hydrogens (tertiary/aromatic N) is 2. The molecule has 0 heterocycles. The van der Waals surface area contributed by atoms with E-state index in [-0.39, 0.29) is 16.7 Å². The lowest BCUT2D eigenvalue weighted by Crippen LogP contribution is -2.43. The van der Waals surface area contributed by atoms with Gasteiger partial charge in [0.1, 0.15) is 6.04 Å². The molecule has 0 aromatic heterocycles. The molecule has 4 nitrogen and oxygen atoms in total. The van der Waals surface area contributed by atoms with E-state index >= 15 is 0 Å². The number of hydrogen-bond acceptors (Lipinski definition) is 4. The van der Waals surface area contributed by atoms with Gasteiger partial charge in [0.2, 0.25) is 5.91 Å². The quantitative estimate of drug-likeness (QED) is 0.652. The van der Waals surface area contributed by atoms with Crippen molar-refractivity contribution < 1.29 is 9.53 Å². The molecular weight excluding hydrogens is 308 g/mol. The Morgan fingerprint density at radius 1 is 1.43 bits per heavy atom. The third-order valence-electron chi connectivity index (χ3n) is 4.34. The van der Waals surface area contributed by atoms with Crippen molar-refractivity contribution in [2.45, 2.75) is 43.1 Å². The van der Waals surface area contributed by atoms with Gasteiger partial charge in [0, 0.05) is 24.8 Å². The number of ether oxygens (including phenoxy) is 1. The van der Waals surface area contributed by atoms with Crippen LogP contribution in [0.5, 0.6) is 0 Å². The van der Waals surface area contributed by atoms with Crippen LogP contribution >= 0.6 is 11.8 Å². The van der Waals surface area contributed by atoms with Gasteiger partial charge in [0.15, 0.2) is 0 Å². The summed E-state index contributed by atoms with van der Waals surface area (Å²) in [4.78, 5) is 13.9. The van der Waals surface area contributed by atoms with E-state index in [0.29, 0.717) is 26.1 Å². The minimum Gasteiger partial charge on any atom is -0.377 e. The van der Waals surface area contributed by atoms with Crippen molar-refractivity contribution in [3.05, 3.63) is 35.9 Å². The molecule has 1 aromatic carbocycles. The normalized spacial score (nSPS) is 16.4. The first-order valence-electron chi connectivity index (χ1n) is 7.95. The predicted octanol–water partition coefficient (Wildman–Crippen LogP) is 3.23. The van der Waals surface area contributed by atoms with Crippen molar-refractivity contribution in [3.63, 3.8) is 0 Å². The van der Waals surface area contributed by atoms with Gasteiger partial charge < -0.3 is 9.64 Å². The zero-order valence-electron chi connectivity index (χ0n) is 13.8. The zero-order chi connectivity index (χ0) is 16.7. The van der Waals surface area contributed by atoms with E-state index in [1.54, 1.807) is 23.7 Å². The van der Waals surface area contributed by atoms with Crippen LogP contribution in [0.2, 0.25) is 0 Å². The average Bonchev–Trinajstić information content (AvgIpc) is 3.37.